The van der Waals surface area contributed by atoms with E-state index in [0.29, 0.717) is 17.8 Å². The highest BCUT2D eigenvalue weighted by atomic mass is 32.1. The smallest absolute Gasteiger partial charge is 0.261 e. The zero-order valence-electron chi connectivity index (χ0n) is 10.6. The van der Waals surface area contributed by atoms with Crippen molar-refractivity contribution in [2.45, 2.75) is 26.2 Å². The second-order valence-corrected chi connectivity index (χ2v) is 5.79. The minimum absolute atomic E-state index is 0.0812. The number of hydrogen-bond acceptors (Lipinski definition) is 3. The van der Waals surface area contributed by atoms with Crippen molar-refractivity contribution in [2.75, 3.05) is 19.6 Å². The van der Waals surface area contributed by atoms with Crippen molar-refractivity contribution in [2.24, 2.45) is 0 Å². The Labute approximate surface area is 111 Å². The molecule has 0 aliphatic carbocycles. The van der Waals surface area contributed by atoms with Gasteiger partial charge in [-0.15, -0.1) is 11.3 Å². The first-order valence-electron chi connectivity index (χ1n) is 6.29. The summed E-state index contributed by atoms with van der Waals surface area (Å²) < 4.78 is 0. The van der Waals surface area contributed by atoms with Gasteiger partial charge < -0.3 is 10.2 Å². The topological polar surface area (TPSA) is 49.4 Å². The number of rotatable bonds is 4. The Kier molecular flexibility index (Phi) is 4.36. The summed E-state index contributed by atoms with van der Waals surface area (Å²) in [6.07, 6.45) is 2.61. The highest BCUT2D eigenvalue weighted by molar-refractivity contribution is 7.13. The summed E-state index contributed by atoms with van der Waals surface area (Å²) in [7, 11) is 0. The van der Waals surface area contributed by atoms with Crippen molar-refractivity contribution in [3.63, 3.8) is 0 Å². The fourth-order valence-corrected chi connectivity index (χ4v) is 2.84. The maximum Gasteiger partial charge on any atom is 0.261 e. The minimum Gasteiger partial charge on any atom is -0.351 e. The third-order valence-electron chi connectivity index (χ3n) is 3.05. The molecule has 1 saturated heterocycles. The zero-order chi connectivity index (χ0) is 13.0. The van der Waals surface area contributed by atoms with E-state index < -0.39 is 0 Å². The van der Waals surface area contributed by atoms with Gasteiger partial charge in [0.05, 0.1) is 4.88 Å². The molecule has 0 radical (unpaired) electrons. The third kappa shape index (κ3) is 3.32. The largest absolute Gasteiger partial charge is 0.351 e. The summed E-state index contributed by atoms with van der Waals surface area (Å²) >= 11 is 1.47. The lowest BCUT2D eigenvalue weighted by molar-refractivity contribution is -0.129. The first kappa shape index (κ1) is 13.1. The highest BCUT2D eigenvalue weighted by Gasteiger charge is 2.17. The van der Waals surface area contributed by atoms with Crippen LogP contribution >= 0.6 is 11.3 Å². The van der Waals surface area contributed by atoms with Gasteiger partial charge >= 0.3 is 0 Å². The average Bonchev–Trinajstić information content (AvgIpc) is 2.99. The lowest BCUT2D eigenvalue weighted by Crippen LogP contribution is -2.32. The molecule has 0 saturated carbocycles. The molecule has 1 aromatic rings. The van der Waals surface area contributed by atoms with Crippen LogP contribution in [0.2, 0.25) is 0 Å². The lowest BCUT2D eigenvalue weighted by atomic mass is 10.3. The number of nitrogens with zero attached hydrogens (tertiary/aromatic N) is 1. The second kappa shape index (κ2) is 6.00. The predicted molar refractivity (Wildman–Crippen MR) is 71.8 cm³/mol. The SMILES string of the molecule is Cc1ccc(C(=O)NCCC(=O)N2CCCC2)s1. The Balaban J connectivity index is 1.71. The summed E-state index contributed by atoms with van der Waals surface area (Å²) in [5.41, 5.74) is 0. The van der Waals surface area contributed by atoms with Gasteiger partial charge in [-0.25, -0.2) is 0 Å². The molecule has 1 aliphatic rings. The van der Waals surface area contributed by atoms with Crippen molar-refractivity contribution >= 4 is 23.2 Å². The highest BCUT2D eigenvalue weighted by Crippen LogP contribution is 2.14. The van der Waals surface area contributed by atoms with Crippen LogP contribution in [0.25, 0.3) is 0 Å². The number of nitrogens with one attached hydrogen (secondary N) is 1. The quantitative estimate of drug-likeness (QED) is 0.903. The van der Waals surface area contributed by atoms with Crippen molar-refractivity contribution in [3.8, 4) is 0 Å². The third-order valence-corrected chi connectivity index (χ3v) is 4.05. The Morgan fingerprint density at radius 1 is 1.33 bits per heavy atom. The van der Waals surface area contributed by atoms with Crippen molar-refractivity contribution in [3.05, 3.63) is 21.9 Å². The molecule has 0 aromatic carbocycles. The fourth-order valence-electron chi connectivity index (χ4n) is 2.05. The maximum absolute atomic E-state index is 11.7. The van der Waals surface area contributed by atoms with Crippen LogP contribution in [-0.4, -0.2) is 36.3 Å². The average molecular weight is 266 g/mol. The van der Waals surface area contributed by atoms with Crippen LogP contribution in [0.4, 0.5) is 0 Å². The monoisotopic (exact) mass is 266 g/mol. The number of thiophene rings is 1. The van der Waals surface area contributed by atoms with Gasteiger partial charge in [0.2, 0.25) is 5.91 Å². The normalized spacial score (nSPS) is 14.8. The molecule has 0 spiro atoms. The second-order valence-electron chi connectivity index (χ2n) is 4.50. The molecule has 0 unspecified atom stereocenters. The van der Waals surface area contributed by atoms with E-state index in [9.17, 15) is 9.59 Å². The van der Waals surface area contributed by atoms with E-state index in [2.05, 4.69) is 5.32 Å². The van der Waals surface area contributed by atoms with Crippen LogP contribution in [0.5, 0.6) is 0 Å². The van der Waals surface area contributed by atoms with Gasteiger partial charge in [0.15, 0.2) is 0 Å². The molecule has 18 heavy (non-hydrogen) atoms. The number of hydrogen-bond donors (Lipinski definition) is 1. The molecular formula is C13H18N2O2S. The van der Waals surface area contributed by atoms with Crippen molar-refractivity contribution in [1.29, 1.82) is 0 Å². The summed E-state index contributed by atoms with van der Waals surface area (Å²) in [6, 6.07) is 3.74. The molecule has 98 valence electrons. The van der Waals surface area contributed by atoms with Crippen LogP contribution in [0, 0.1) is 6.92 Å². The molecule has 2 heterocycles. The zero-order valence-corrected chi connectivity index (χ0v) is 11.4. The van der Waals surface area contributed by atoms with E-state index in [-0.39, 0.29) is 11.8 Å². The molecular weight excluding hydrogens is 248 g/mol. The molecule has 2 rings (SSSR count). The molecule has 0 atom stereocenters. The number of carbonyl (C=O) groups is 2. The molecule has 1 fully saturated rings. The Hall–Kier alpha value is -1.36. The van der Waals surface area contributed by atoms with Crippen LogP contribution in [0.1, 0.15) is 33.8 Å². The Bertz CT molecular complexity index is 436. The van der Waals surface area contributed by atoms with Crippen LogP contribution in [0.3, 0.4) is 0 Å². The summed E-state index contributed by atoms with van der Waals surface area (Å²) in [4.78, 5) is 27.2. The molecule has 4 nitrogen and oxygen atoms in total. The van der Waals surface area contributed by atoms with Crippen molar-refractivity contribution < 1.29 is 9.59 Å². The van der Waals surface area contributed by atoms with Crippen LogP contribution < -0.4 is 5.32 Å². The van der Waals surface area contributed by atoms with Crippen molar-refractivity contribution in [1.82, 2.24) is 10.2 Å². The number of amides is 2. The first-order chi connectivity index (χ1) is 8.66. The molecule has 1 N–H and O–H groups in total. The molecule has 1 aliphatic heterocycles. The van der Waals surface area contributed by atoms with Gasteiger partial charge in [-0.2, -0.15) is 0 Å². The van der Waals surface area contributed by atoms with Gasteiger partial charge in [-0.3, -0.25) is 9.59 Å². The van der Waals surface area contributed by atoms with Crippen LogP contribution in [0.15, 0.2) is 12.1 Å². The van der Waals surface area contributed by atoms with Gasteiger partial charge in [0, 0.05) is 30.9 Å². The standard InChI is InChI=1S/C13H18N2O2S/c1-10-4-5-11(18-10)13(17)14-7-6-12(16)15-8-2-3-9-15/h4-5H,2-3,6-9H2,1H3,(H,14,17). The van der Waals surface area contributed by atoms with E-state index >= 15 is 0 Å². The predicted octanol–water partition coefficient (Wildman–Crippen LogP) is 1.80. The minimum atomic E-state index is -0.0812. The van der Waals surface area contributed by atoms with Gasteiger partial charge in [-0.1, -0.05) is 0 Å². The van der Waals surface area contributed by atoms with Gasteiger partial charge in [0.1, 0.15) is 0 Å². The fraction of sp³-hybridized carbons (Fsp3) is 0.538. The summed E-state index contributed by atoms with van der Waals surface area (Å²) in [5, 5.41) is 2.79. The summed E-state index contributed by atoms with van der Waals surface area (Å²) in [5.74, 6) is 0.0671. The molecule has 2 amide bonds. The number of likely N-dealkylation sites (tertiary alicyclic amines) is 1. The number of carbonyl (C=O) groups excluding carboxylic acids is 2. The van der Waals surface area contributed by atoms with Gasteiger partial charge in [0.25, 0.3) is 5.91 Å². The maximum atomic E-state index is 11.7. The van der Waals surface area contributed by atoms with E-state index in [1.54, 1.807) is 0 Å². The van der Waals surface area contributed by atoms with E-state index in [1.165, 1.54) is 11.3 Å². The summed E-state index contributed by atoms with van der Waals surface area (Å²) in [6.45, 7) is 4.14. The Morgan fingerprint density at radius 2 is 2.06 bits per heavy atom. The van der Waals surface area contributed by atoms with E-state index in [1.807, 2.05) is 24.0 Å². The van der Waals surface area contributed by atoms with E-state index in [4.69, 9.17) is 0 Å². The molecule has 1 aromatic heterocycles. The van der Waals surface area contributed by atoms with Gasteiger partial charge in [-0.05, 0) is 31.9 Å². The number of aryl methyl sites for hydroxylation is 1. The molecule has 0 bridgehead atoms. The van der Waals surface area contributed by atoms with E-state index in [0.717, 1.165) is 30.8 Å². The molecule has 5 heteroatoms. The van der Waals surface area contributed by atoms with Crippen LogP contribution in [-0.2, 0) is 4.79 Å². The lowest BCUT2D eigenvalue weighted by Gasteiger charge is -2.14. The Morgan fingerprint density at radius 3 is 2.67 bits per heavy atom. The first-order valence-corrected chi connectivity index (χ1v) is 7.11.